The first-order valence-corrected chi connectivity index (χ1v) is 11.0. The van der Waals surface area contributed by atoms with Gasteiger partial charge in [0.2, 0.25) is 0 Å². The first-order valence-electron chi connectivity index (χ1n) is 11.0. The molecule has 0 saturated heterocycles. The third-order valence-electron chi connectivity index (χ3n) is 6.21. The Kier molecular flexibility index (Phi) is 5.06. The second-order valence-corrected chi connectivity index (χ2v) is 8.48. The number of carbonyl (C=O) groups excluding carboxylic acids is 2. The summed E-state index contributed by atoms with van der Waals surface area (Å²) in [5, 5.41) is 5.08. The lowest BCUT2D eigenvalue weighted by molar-refractivity contribution is -0.120. The maximum absolute atomic E-state index is 13.8. The van der Waals surface area contributed by atoms with E-state index >= 15 is 0 Å². The van der Waals surface area contributed by atoms with E-state index in [4.69, 9.17) is 0 Å². The molecular formula is C29H24N2O2. The largest absolute Gasteiger partial charge is 0.350 e. The molecule has 4 heteroatoms. The van der Waals surface area contributed by atoms with Crippen molar-refractivity contribution in [2.75, 3.05) is 10.2 Å². The summed E-state index contributed by atoms with van der Waals surface area (Å²) < 4.78 is 0. The maximum Gasteiger partial charge on any atom is 0.282 e. The monoisotopic (exact) mass is 432 g/mol. The minimum atomic E-state index is -0.356. The van der Waals surface area contributed by atoms with Gasteiger partial charge in [-0.15, -0.1) is 0 Å². The van der Waals surface area contributed by atoms with Crippen molar-refractivity contribution in [3.05, 3.63) is 113 Å². The standard InChI is InChI=1S/C29H24N2O2/c1-18-11-15-23(16-12-18)30-27-26(22-14-13-19(2)20(3)17-22)28(32)31(29(27)33)25-10-6-8-21-7-4-5-9-24(21)25/h4-17,30H,1-3H3. The van der Waals surface area contributed by atoms with Crippen molar-refractivity contribution in [3.8, 4) is 0 Å². The molecular weight excluding hydrogens is 408 g/mol. The molecule has 33 heavy (non-hydrogen) atoms. The highest BCUT2D eigenvalue weighted by Crippen LogP contribution is 2.37. The minimum Gasteiger partial charge on any atom is -0.350 e. The van der Waals surface area contributed by atoms with Crippen molar-refractivity contribution in [1.29, 1.82) is 0 Å². The van der Waals surface area contributed by atoms with Gasteiger partial charge in [-0.3, -0.25) is 9.59 Å². The molecule has 1 aliphatic heterocycles. The van der Waals surface area contributed by atoms with E-state index in [-0.39, 0.29) is 11.8 Å². The zero-order valence-electron chi connectivity index (χ0n) is 18.8. The SMILES string of the molecule is Cc1ccc(NC2=C(c3ccc(C)c(C)c3)C(=O)N(c3cccc4ccccc34)C2=O)cc1. The third-order valence-corrected chi connectivity index (χ3v) is 6.21. The lowest BCUT2D eigenvalue weighted by Gasteiger charge is -2.18. The van der Waals surface area contributed by atoms with Crippen LogP contribution in [0.15, 0.2) is 90.6 Å². The van der Waals surface area contributed by atoms with Gasteiger partial charge in [-0.25, -0.2) is 4.90 Å². The van der Waals surface area contributed by atoms with Crippen LogP contribution >= 0.6 is 0 Å². The third kappa shape index (κ3) is 3.60. The van der Waals surface area contributed by atoms with Crippen molar-refractivity contribution >= 4 is 39.5 Å². The van der Waals surface area contributed by atoms with E-state index in [1.807, 2.05) is 106 Å². The Bertz CT molecular complexity index is 1440. The first kappa shape index (κ1) is 20.7. The zero-order valence-corrected chi connectivity index (χ0v) is 18.8. The molecule has 0 fully saturated rings. The molecule has 0 spiro atoms. The summed E-state index contributed by atoms with van der Waals surface area (Å²) in [6, 6.07) is 27.1. The highest BCUT2D eigenvalue weighted by atomic mass is 16.2. The molecule has 5 rings (SSSR count). The van der Waals surface area contributed by atoms with Crippen LogP contribution in [0.2, 0.25) is 0 Å². The molecule has 0 bridgehead atoms. The van der Waals surface area contributed by atoms with Crippen LogP contribution in [0.4, 0.5) is 11.4 Å². The summed E-state index contributed by atoms with van der Waals surface area (Å²) >= 11 is 0. The highest BCUT2D eigenvalue weighted by molar-refractivity contribution is 6.47. The normalized spacial score (nSPS) is 13.8. The fraction of sp³-hybridized carbons (Fsp3) is 0.103. The van der Waals surface area contributed by atoms with Gasteiger partial charge < -0.3 is 5.32 Å². The number of rotatable bonds is 4. The number of benzene rings is 4. The quantitative estimate of drug-likeness (QED) is 0.393. The van der Waals surface area contributed by atoms with E-state index in [9.17, 15) is 9.59 Å². The fourth-order valence-electron chi connectivity index (χ4n) is 4.21. The number of hydrogen-bond donors (Lipinski definition) is 1. The smallest absolute Gasteiger partial charge is 0.282 e. The van der Waals surface area contributed by atoms with Crippen LogP contribution in [0.3, 0.4) is 0 Å². The molecule has 0 atom stereocenters. The van der Waals surface area contributed by atoms with Gasteiger partial charge in [0.15, 0.2) is 0 Å². The van der Waals surface area contributed by atoms with Crippen LogP contribution in [0.1, 0.15) is 22.3 Å². The lowest BCUT2D eigenvalue weighted by Crippen LogP contribution is -2.32. The van der Waals surface area contributed by atoms with Crippen molar-refractivity contribution in [3.63, 3.8) is 0 Å². The second kappa shape index (κ2) is 8.06. The van der Waals surface area contributed by atoms with E-state index in [1.165, 1.54) is 4.90 Å². The number of nitrogens with zero attached hydrogens (tertiary/aromatic N) is 1. The molecule has 162 valence electrons. The predicted molar refractivity (Wildman–Crippen MR) is 134 cm³/mol. The van der Waals surface area contributed by atoms with Crippen LogP contribution in [-0.2, 0) is 9.59 Å². The van der Waals surface area contributed by atoms with Crippen LogP contribution < -0.4 is 10.2 Å². The minimum absolute atomic E-state index is 0.292. The zero-order chi connectivity index (χ0) is 23.1. The Balaban J connectivity index is 1.67. The average molecular weight is 433 g/mol. The molecule has 0 saturated carbocycles. The van der Waals surface area contributed by atoms with E-state index in [2.05, 4.69) is 5.32 Å². The van der Waals surface area contributed by atoms with Gasteiger partial charge in [-0.05, 0) is 61.0 Å². The Morgan fingerprint density at radius 1 is 0.697 bits per heavy atom. The molecule has 4 aromatic rings. The van der Waals surface area contributed by atoms with Crippen molar-refractivity contribution in [2.45, 2.75) is 20.8 Å². The molecule has 2 amide bonds. The van der Waals surface area contributed by atoms with Gasteiger partial charge in [0.25, 0.3) is 11.8 Å². The number of carbonyl (C=O) groups is 2. The van der Waals surface area contributed by atoms with Crippen molar-refractivity contribution in [2.24, 2.45) is 0 Å². The Morgan fingerprint density at radius 2 is 1.42 bits per heavy atom. The van der Waals surface area contributed by atoms with E-state index in [1.54, 1.807) is 0 Å². The summed E-state index contributed by atoms with van der Waals surface area (Å²) in [5.41, 5.74) is 6.08. The number of nitrogens with one attached hydrogen (secondary N) is 1. The summed E-state index contributed by atoms with van der Waals surface area (Å²) in [6.45, 7) is 6.05. The van der Waals surface area contributed by atoms with E-state index < -0.39 is 0 Å². The van der Waals surface area contributed by atoms with Gasteiger partial charge in [0.05, 0.1) is 11.3 Å². The Morgan fingerprint density at radius 3 is 2.18 bits per heavy atom. The van der Waals surface area contributed by atoms with Gasteiger partial charge in [0.1, 0.15) is 5.70 Å². The summed E-state index contributed by atoms with van der Waals surface area (Å²) in [5.74, 6) is -0.681. The molecule has 0 unspecified atom stereocenters. The van der Waals surface area contributed by atoms with Crippen molar-refractivity contribution in [1.82, 2.24) is 0 Å². The molecule has 1 N–H and O–H groups in total. The number of hydrogen-bond acceptors (Lipinski definition) is 3. The number of anilines is 2. The van der Waals surface area contributed by atoms with Gasteiger partial charge in [0, 0.05) is 11.1 Å². The second-order valence-electron chi connectivity index (χ2n) is 8.48. The van der Waals surface area contributed by atoms with Crippen LogP contribution in [-0.4, -0.2) is 11.8 Å². The molecule has 1 heterocycles. The molecule has 1 aliphatic rings. The van der Waals surface area contributed by atoms with Gasteiger partial charge in [-0.2, -0.15) is 0 Å². The molecule has 4 aromatic carbocycles. The summed E-state index contributed by atoms with van der Waals surface area (Å²) in [7, 11) is 0. The van der Waals surface area contributed by atoms with Crippen LogP contribution in [0, 0.1) is 20.8 Å². The number of fused-ring (bicyclic) bond motifs is 1. The number of amides is 2. The number of imide groups is 1. The number of aryl methyl sites for hydroxylation is 3. The fourth-order valence-corrected chi connectivity index (χ4v) is 4.21. The average Bonchev–Trinajstić information content (AvgIpc) is 3.06. The maximum atomic E-state index is 13.8. The first-order chi connectivity index (χ1) is 15.9. The van der Waals surface area contributed by atoms with Gasteiger partial charge in [-0.1, -0.05) is 72.3 Å². The highest BCUT2D eigenvalue weighted by Gasteiger charge is 2.40. The molecule has 0 aromatic heterocycles. The summed E-state index contributed by atoms with van der Waals surface area (Å²) in [6.07, 6.45) is 0. The molecule has 0 aliphatic carbocycles. The Hall–Kier alpha value is -4.18. The molecule has 0 radical (unpaired) electrons. The Labute approximate surface area is 193 Å². The van der Waals surface area contributed by atoms with Crippen LogP contribution in [0.5, 0.6) is 0 Å². The predicted octanol–water partition coefficient (Wildman–Crippen LogP) is 6.16. The lowest BCUT2D eigenvalue weighted by atomic mass is 9.99. The topological polar surface area (TPSA) is 49.4 Å². The van der Waals surface area contributed by atoms with Gasteiger partial charge >= 0.3 is 0 Å². The van der Waals surface area contributed by atoms with Crippen LogP contribution in [0.25, 0.3) is 16.3 Å². The summed E-state index contributed by atoms with van der Waals surface area (Å²) in [4.78, 5) is 28.9. The van der Waals surface area contributed by atoms with Crippen molar-refractivity contribution < 1.29 is 9.59 Å². The van der Waals surface area contributed by atoms with E-state index in [0.29, 0.717) is 17.0 Å². The molecule has 4 nitrogen and oxygen atoms in total. The van der Waals surface area contributed by atoms with E-state index in [0.717, 1.165) is 38.7 Å².